The average Bonchev–Trinajstić information content (AvgIpc) is 3.05. The summed E-state index contributed by atoms with van der Waals surface area (Å²) < 4.78 is 32.7. The smallest absolute Gasteiger partial charge is 0.339 e. The highest BCUT2D eigenvalue weighted by Crippen LogP contribution is 2.47. The number of hydrogen-bond donors (Lipinski definition) is 1. The zero-order valence-corrected chi connectivity index (χ0v) is 17.7. The summed E-state index contributed by atoms with van der Waals surface area (Å²) in [6.45, 7) is 1.25. The second-order valence-electron chi connectivity index (χ2n) is 8.98. The van der Waals surface area contributed by atoms with Crippen LogP contribution in [0.15, 0.2) is 36.7 Å². The minimum atomic E-state index is -0.650. The van der Waals surface area contributed by atoms with Crippen molar-refractivity contribution in [2.45, 2.75) is 50.2 Å². The molecule has 0 atom stereocenters. The molecule has 168 valence electrons. The Balaban J connectivity index is 1.14. The third-order valence-corrected chi connectivity index (χ3v) is 7.04. The maximum Gasteiger partial charge on any atom is 0.339 e. The Kier molecular flexibility index (Phi) is 5.31. The molecule has 3 aliphatic rings. The molecule has 1 aliphatic carbocycles. The van der Waals surface area contributed by atoms with Crippen LogP contribution in [-0.2, 0) is 15.1 Å². The number of aromatic nitrogens is 1. The van der Waals surface area contributed by atoms with Gasteiger partial charge < -0.3 is 15.0 Å². The fourth-order valence-corrected chi connectivity index (χ4v) is 5.26. The molecule has 2 fully saturated rings. The predicted octanol–water partition coefficient (Wildman–Crippen LogP) is 3.70. The maximum atomic E-state index is 13.5. The fraction of sp³-hybridized carbons (Fsp3) is 0.458. The number of ether oxygens (including phenoxy) is 1. The summed E-state index contributed by atoms with van der Waals surface area (Å²) in [4.78, 5) is 31.2. The first-order chi connectivity index (χ1) is 15.4. The number of hydrogen-bond acceptors (Lipinski definition) is 5. The van der Waals surface area contributed by atoms with Crippen molar-refractivity contribution in [1.29, 1.82) is 0 Å². The van der Waals surface area contributed by atoms with E-state index in [4.69, 9.17) is 4.74 Å². The van der Waals surface area contributed by atoms with E-state index in [2.05, 4.69) is 10.3 Å². The molecule has 5 rings (SSSR count). The van der Waals surface area contributed by atoms with Crippen LogP contribution in [0.25, 0.3) is 0 Å². The molecule has 1 aromatic carbocycles. The Morgan fingerprint density at radius 3 is 2.47 bits per heavy atom. The van der Waals surface area contributed by atoms with E-state index in [-0.39, 0.29) is 23.8 Å². The Bertz CT molecular complexity index is 1020. The van der Waals surface area contributed by atoms with Crippen molar-refractivity contribution in [3.05, 3.63) is 59.4 Å². The highest BCUT2D eigenvalue weighted by molar-refractivity contribution is 5.94. The first-order valence-corrected chi connectivity index (χ1v) is 11.1. The van der Waals surface area contributed by atoms with Crippen molar-refractivity contribution in [1.82, 2.24) is 10.3 Å². The number of nitrogens with one attached hydrogen (secondary N) is 1. The monoisotopic (exact) mass is 441 g/mol. The molecule has 0 radical (unpaired) electrons. The molecule has 1 N–H and O–H groups in total. The summed E-state index contributed by atoms with van der Waals surface area (Å²) >= 11 is 0. The number of pyridine rings is 1. The first-order valence-electron chi connectivity index (χ1n) is 11.1. The van der Waals surface area contributed by atoms with E-state index in [1.54, 1.807) is 18.5 Å². The second-order valence-corrected chi connectivity index (χ2v) is 8.98. The average molecular weight is 441 g/mol. The van der Waals surface area contributed by atoms with Crippen molar-refractivity contribution < 1.29 is 23.1 Å². The number of amides is 1. The van der Waals surface area contributed by atoms with Crippen LogP contribution in [0.5, 0.6) is 0 Å². The van der Waals surface area contributed by atoms with Crippen LogP contribution in [0.1, 0.15) is 54.4 Å². The molecule has 3 heterocycles. The van der Waals surface area contributed by atoms with Gasteiger partial charge in [-0.15, -0.1) is 0 Å². The Hall–Kier alpha value is -3.03. The van der Waals surface area contributed by atoms with E-state index >= 15 is 0 Å². The number of carbonyl (C=O) groups is 2. The molecule has 2 aliphatic heterocycles. The van der Waals surface area contributed by atoms with E-state index in [0.29, 0.717) is 50.0 Å². The zero-order valence-electron chi connectivity index (χ0n) is 17.7. The molecule has 1 aromatic heterocycles. The van der Waals surface area contributed by atoms with Crippen molar-refractivity contribution >= 4 is 17.6 Å². The summed E-state index contributed by atoms with van der Waals surface area (Å²) in [7, 11) is 0. The van der Waals surface area contributed by atoms with E-state index in [0.717, 1.165) is 24.5 Å². The van der Waals surface area contributed by atoms with Crippen LogP contribution >= 0.6 is 0 Å². The van der Waals surface area contributed by atoms with Crippen molar-refractivity contribution in [3.8, 4) is 0 Å². The molecule has 32 heavy (non-hydrogen) atoms. The Morgan fingerprint density at radius 2 is 1.78 bits per heavy atom. The van der Waals surface area contributed by atoms with E-state index < -0.39 is 17.2 Å². The van der Waals surface area contributed by atoms with E-state index in [9.17, 15) is 18.4 Å². The van der Waals surface area contributed by atoms with Gasteiger partial charge in [-0.2, -0.15) is 0 Å². The van der Waals surface area contributed by atoms with E-state index in [1.165, 1.54) is 12.1 Å². The van der Waals surface area contributed by atoms with Crippen LogP contribution in [0.4, 0.5) is 14.5 Å². The number of anilines is 1. The minimum Gasteiger partial charge on any atom is -0.450 e. The maximum absolute atomic E-state index is 13.5. The van der Waals surface area contributed by atoms with Gasteiger partial charge in [-0.1, -0.05) is 0 Å². The first kappa shape index (κ1) is 20.8. The lowest BCUT2D eigenvalue weighted by Crippen LogP contribution is -2.47. The molecule has 0 bridgehead atoms. The highest BCUT2D eigenvalue weighted by Gasteiger charge is 2.48. The summed E-state index contributed by atoms with van der Waals surface area (Å²) in [6.07, 6.45) is 7.25. The van der Waals surface area contributed by atoms with Crippen LogP contribution in [0.3, 0.4) is 0 Å². The van der Waals surface area contributed by atoms with Gasteiger partial charge in [-0.05, 0) is 56.7 Å². The standard InChI is InChI=1S/C24H25F2N3O3/c25-16-11-17(26)13-19(12-16)29-9-4-18(5-10-29)28-22(30)15-1-6-24(7-2-15)21-14-27-8-3-20(21)23(31)32-24/h3,8,11-15,18H,1-2,4-7,9-10H2,(H,28,30). The van der Waals surface area contributed by atoms with Crippen molar-refractivity contribution in [3.63, 3.8) is 0 Å². The normalized spacial score (nSPS) is 25.5. The van der Waals surface area contributed by atoms with Gasteiger partial charge >= 0.3 is 5.97 Å². The van der Waals surface area contributed by atoms with Gasteiger partial charge in [-0.25, -0.2) is 13.6 Å². The zero-order chi connectivity index (χ0) is 22.3. The number of fused-ring (bicyclic) bond motifs is 2. The lowest BCUT2D eigenvalue weighted by atomic mass is 9.75. The molecular formula is C24H25F2N3O3. The SMILES string of the molecule is O=C1OC2(CCC(C(=O)NC3CCN(c4cc(F)cc(F)c4)CC3)CC2)c2cnccc21. The number of halogens is 2. The number of carbonyl (C=O) groups excluding carboxylic acids is 2. The van der Waals surface area contributed by atoms with Gasteiger partial charge in [0.2, 0.25) is 5.91 Å². The molecule has 0 unspecified atom stereocenters. The minimum absolute atomic E-state index is 0.0332. The largest absolute Gasteiger partial charge is 0.450 e. The van der Waals surface area contributed by atoms with Gasteiger partial charge in [-0.3, -0.25) is 9.78 Å². The third kappa shape index (κ3) is 3.82. The van der Waals surface area contributed by atoms with Gasteiger partial charge in [0, 0.05) is 54.8 Å². The number of nitrogens with zero attached hydrogens (tertiary/aromatic N) is 2. The highest BCUT2D eigenvalue weighted by atomic mass is 19.1. The van der Waals surface area contributed by atoms with Gasteiger partial charge in [0.15, 0.2) is 0 Å². The molecular weight excluding hydrogens is 416 g/mol. The van der Waals surface area contributed by atoms with E-state index in [1.807, 2.05) is 4.90 Å². The Labute approximate surface area is 185 Å². The third-order valence-electron chi connectivity index (χ3n) is 7.04. The summed E-state index contributed by atoms with van der Waals surface area (Å²) in [5.74, 6) is -1.56. The van der Waals surface area contributed by atoms with Gasteiger partial charge in [0.25, 0.3) is 0 Å². The lowest BCUT2D eigenvalue weighted by molar-refractivity contribution is -0.128. The summed E-state index contributed by atoms with van der Waals surface area (Å²) in [5, 5.41) is 3.16. The molecule has 2 aromatic rings. The summed E-state index contributed by atoms with van der Waals surface area (Å²) in [6, 6.07) is 5.27. The van der Waals surface area contributed by atoms with Crippen molar-refractivity contribution in [2.24, 2.45) is 5.92 Å². The second kappa shape index (κ2) is 8.15. The number of rotatable bonds is 3. The van der Waals surface area contributed by atoms with Crippen molar-refractivity contribution in [2.75, 3.05) is 18.0 Å². The molecule has 1 amide bonds. The van der Waals surface area contributed by atoms with Crippen LogP contribution in [0, 0.1) is 17.6 Å². The Morgan fingerprint density at radius 1 is 1.09 bits per heavy atom. The quantitative estimate of drug-likeness (QED) is 0.736. The number of esters is 1. The predicted molar refractivity (Wildman–Crippen MR) is 113 cm³/mol. The topological polar surface area (TPSA) is 71.5 Å². The van der Waals surface area contributed by atoms with Crippen LogP contribution < -0.4 is 10.2 Å². The van der Waals surface area contributed by atoms with Crippen LogP contribution in [0.2, 0.25) is 0 Å². The van der Waals surface area contributed by atoms with Gasteiger partial charge in [0.05, 0.1) is 5.56 Å². The lowest BCUT2D eigenvalue weighted by Gasteiger charge is -2.37. The number of benzene rings is 1. The van der Waals surface area contributed by atoms with Crippen LogP contribution in [-0.4, -0.2) is 36.0 Å². The fourth-order valence-electron chi connectivity index (χ4n) is 5.26. The van der Waals surface area contributed by atoms with Gasteiger partial charge in [0.1, 0.15) is 17.2 Å². The molecule has 8 heteroatoms. The molecule has 1 spiro atoms. The molecule has 1 saturated heterocycles. The molecule has 6 nitrogen and oxygen atoms in total. The number of piperidine rings is 1. The molecule has 1 saturated carbocycles. The summed E-state index contributed by atoms with van der Waals surface area (Å²) in [5.41, 5.74) is 1.30.